The molecule has 0 fully saturated rings. The van der Waals surface area contributed by atoms with Crippen molar-refractivity contribution >= 4 is 23.3 Å². The summed E-state index contributed by atoms with van der Waals surface area (Å²) in [7, 11) is 0. The Morgan fingerprint density at radius 2 is 1.74 bits per heavy atom. The number of nitrogens with one attached hydrogen (secondary N) is 1. The van der Waals surface area contributed by atoms with Crippen LogP contribution in [0.25, 0.3) is 11.5 Å². The normalized spacial score (nSPS) is 14.6. The van der Waals surface area contributed by atoms with Crippen LogP contribution in [0.2, 0.25) is 5.02 Å². The minimum absolute atomic E-state index is 0.206. The maximum absolute atomic E-state index is 14.1. The van der Waals surface area contributed by atoms with Crippen molar-refractivity contribution in [3.8, 4) is 11.5 Å². The predicted octanol–water partition coefficient (Wildman–Crippen LogP) is 7.89. The average Bonchev–Trinajstić information content (AvgIpc) is 3.49. The Morgan fingerprint density at radius 3 is 2.46 bits per heavy atom. The highest BCUT2D eigenvalue weighted by Gasteiger charge is 2.36. The van der Waals surface area contributed by atoms with Crippen LogP contribution in [-0.2, 0) is 6.54 Å². The van der Waals surface area contributed by atoms with Crippen LogP contribution in [0, 0.1) is 6.92 Å². The van der Waals surface area contributed by atoms with E-state index in [1.54, 1.807) is 12.1 Å². The summed E-state index contributed by atoms with van der Waals surface area (Å²) in [4.78, 5) is 16.0. The first-order valence-corrected chi connectivity index (χ1v) is 13.5. The molecule has 0 bridgehead atoms. The summed E-state index contributed by atoms with van der Waals surface area (Å²) in [5.74, 6) is 1.36. The number of benzene rings is 3. The van der Waals surface area contributed by atoms with Crippen LogP contribution < -0.4 is 5.32 Å². The van der Waals surface area contributed by atoms with Crippen LogP contribution in [0.3, 0.4) is 0 Å². The maximum atomic E-state index is 14.1. The molecule has 1 atom stereocenters. The smallest absolute Gasteiger partial charge is 0.308 e. The quantitative estimate of drug-likeness (QED) is 0.254. The van der Waals surface area contributed by atoms with E-state index in [0.717, 1.165) is 34.0 Å². The second-order valence-corrected chi connectivity index (χ2v) is 10.7. The Morgan fingerprint density at radius 1 is 0.974 bits per heavy atom. The summed E-state index contributed by atoms with van der Waals surface area (Å²) in [5, 5.41) is 8.58. The number of carbonyl (C=O) groups is 1. The van der Waals surface area contributed by atoms with Gasteiger partial charge in [-0.25, -0.2) is 9.48 Å². The predicted molar refractivity (Wildman–Crippen MR) is 156 cm³/mol. The Hall–Kier alpha value is -4.29. The molecule has 6 rings (SSSR count). The van der Waals surface area contributed by atoms with E-state index in [1.165, 1.54) is 5.56 Å². The number of fused-ring (bicyclic) bond motifs is 3. The second-order valence-electron chi connectivity index (χ2n) is 10.2. The van der Waals surface area contributed by atoms with Gasteiger partial charge in [0.2, 0.25) is 0 Å². The van der Waals surface area contributed by atoms with Crippen molar-refractivity contribution in [2.75, 3.05) is 5.32 Å². The number of urea groups is 1. The van der Waals surface area contributed by atoms with E-state index in [9.17, 15) is 4.79 Å². The molecule has 1 aliphatic heterocycles. The molecule has 0 spiro atoms. The van der Waals surface area contributed by atoms with Crippen LogP contribution >= 0.6 is 11.6 Å². The molecule has 5 aromatic rings. The molecule has 6 nitrogen and oxygen atoms in total. The first-order valence-electron chi connectivity index (χ1n) is 13.2. The molecular weight excluding hydrogens is 506 g/mol. The highest BCUT2D eigenvalue weighted by Crippen LogP contribution is 2.39. The van der Waals surface area contributed by atoms with Crippen molar-refractivity contribution in [2.45, 2.75) is 39.3 Å². The number of carbonyl (C=O) groups excluding carboxylic acids is 1. The SMILES string of the molecule is Cc1nn(-c2ccccc2)c2c1CN(C(=O)Nc1cccc(Cl)c1)[C@H](c1ccc(C(C)C)cc1)c1cccn1-2. The van der Waals surface area contributed by atoms with Crippen molar-refractivity contribution in [3.63, 3.8) is 0 Å². The highest BCUT2D eigenvalue weighted by molar-refractivity contribution is 6.30. The number of hydrogen-bond donors (Lipinski definition) is 1. The van der Waals surface area contributed by atoms with Crippen LogP contribution in [-0.4, -0.2) is 25.3 Å². The Kier molecular flexibility index (Phi) is 6.49. The molecule has 0 saturated heterocycles. The van der Waals surface area contributed by atoms with Gasteiger partial charge in [-0.1, -0.05) is 74.0 Å². The number of para-hydroxylation sites is 1. The van der Waals surface area contributed by atoms with Crippen molar-refractivity contribution in [3.05, 3.63) is 130 Å². The minimum Gasteiger partial charge on any atom is -0.308 e. The number of hydrogen-bond acceptors (Lipinski definition) is 2. The summed E-state index contributed by atoms with van der Waals surface area (Å²) in [6.07, 6.45) is 2.06. The van der Waals surface area contributed by atoms with E-state index < -0.39 is 0 Å². The third-order valence-electron chi connectivity index (χ3n) is 7.34. The maximum Gasteiger partial charge on any atom is 0.322 e. The van der Waals surface area contributed by atoms with Crippen LogP contribution in [0.15, 0.2) is 97.2 Å². The minimum atomic E-state index is -0.323. The molecule has 1 N–H and O–H groups in total. The third kappa shape index (κ3) is 4.61. The van der Waals surface area contributed by atoms with Gasteiger partial charge in [-0.2, -0.15) is 5.10 Å². The molecule has 0 unspecified atom stereocenters. The van der Waals surface area contributed by atoms with E-state index in [2.05, 4.69) is 60.3 Å². The van der Waals surface area contributed by atoms with Gasteiger partial charge >= 0.3 is 6.03 Å². The van der Waals surface area contributed by atoms with Crippen molar-refractivity contribution in [2.24, 2.45) is 0 Å². The molecule has 196 valence electrons. The molecule has 39 heavy (non-hydrogen) atoms. The third-order valence-corrected chi connectivity index (χ3v) is 7.58. The lowest BCUT2D eigenvalue weighted by Crippen LogP contribution is -2.38. The van der Waals surface area contributed by atoms with Gasteiger partial charge in [-0.05, 0) is 66.4 Å². The van der Waals surface area contributed by atoms with Crippen LogP contribution in [0.1, 0.15) is 53.9 Å². The van der Waals surface area contributed by atoms with Crippen molar-refractivity contribution in [1.82, 2.24) is 19.2 Å². The topological polar surface area (TPSA) is 55.1 Å². The molecular formula is C32H30ClN5O. The molecule has 3 aromatic carbocycles. The molecule has 0 aliphatic carbocycles. The monoisotopic (exact) mass is 535 g/mol. The average molecular weight is 536 g/mol. The molecule has 0 saturated carbocycles. The number of aromatic nitrogens is 3. The lowest BCUT2D eigenvalue weighted by atomic mass is 9.97. The fourth-order valence-electron chi connectivity index (χ4n) is 5.32. The second kappa shape index (κ2) is 10.1. The van der Waals surface area contributed by atoms with Gasteiger partial charge in [0.05, 0.1) is 29.7 Å². The first kappa shape index (κ1) is 25.0. The lowest BCUT2D eigenvalue weighted by molar-refractivity contribution is 0.194. The summed E-state index contributed by atoms with van der Waals surface area (Å²) in [6, 6.07) is 29.6. The Labute approximate surface area is 233 Å². The molecule has 1 aliphatic rings. The Balaban J connectivity index is 1.52. The Bertz CT molecular complexity index is 1640. The highest BCUT2D eigenvalue weighted by atomic mass is 35.5. The van der Waals surface area contributed by atoms with Crippen molar-refractivity contribution in [1.29, 1.82) is 0 Å². The fourth-order valence-corrected chi connectivity index (χ4v) is 5.52. The molecule has 3 heterocycles. The van der Waals surface area contributed by atoms with Gasteiger partial charge in [-0.15, -0.1) is 0 Å². The number of halogens is 1. The van der Waals surface area contributed by atoms with Crippen LogP contribution in [0.4, 0.5) is 10.5 Å². The zero-order valence-corrected chi connectivity index (χ0v) is 22.9. The molecule has 2 aromatic heterocycles. The van der Waals surface area contributed by atoms with Gasteiger partial charge in [0.15, 0.2) is 0 Å². The number of amides is 2. The molecule has 7 heteroatoms. The van der Waals surface area contributed by atoms with Gasteiger partial charge in [0, 0.05) is 22.5 Å². The number of anilines is 1. The number of nitrogens with zero attached hydrogens (tertiary/aromatic N) is 4. The van der Waals surface area contributed by atoms with E-state index in [-0.39, 0.29) is 12.1 Å². The molecule has 0 radical (unpaired) electrons. The number of aryl methyl sites for hydroxylation is 1. The van der Waals surface area contributed by atoms with Crippen LogP contribution in [0.5, 0.6) is 0 Å². The van der Waals surface area contributed by atoms with Gasteiger partial charge in [0.25, 0.3) is 0 Å². The summed E-state index contributed by atoms with van der Waals surface area (Å²) in [6.45, 7) is 6.77. The summed E-state index contributed by atoms with van der Waals surface area (Å²) >= 11 is 6.23. The lowest BCUT2D eigenvalue weighted by Gasteiger charge is -2.31. The first-order chi connectivity index (χ1) is 18.9. The van der Waals surface area contributed by atoms with Gasteiger partial charge in [0.1, 0.15) is 5.82 Å². The standard InChI is InChI=1S/C32H30ClN5O/c1-21(2)23-14-16-24(17-15-23)30-29-13-8-18-36(29)31-28(22(3)35-38(31)27-11-5-4-6-12-27)20-37(30)32(39)34-26-10-7-9-25(33)19-26/h4-19,21,30H,20H2,1-3H3,(H,34,39)/t30-/m1/s1. The van der Waals surface area contributed by atoms with E-state index >= 15 is 0 Å². The zero-order chi connectivity index (χ0) is 27.1. The van der Waals surface area contributed by atoms with E-state index in [4.69, 9.17) is 16.7 Å². The summed E-state index contributed by atoms with van der Waals surface area (Å²) < 4.78 is 4.15. The van der Waals surface area contributed by atoms with Gasteiger partial charge in [-0.3, -0.25) is 0 Å². The van der Waals surface area contributed by atoms with Gasteiger partial charge < -0.3 is 14.8 Å². The summed E-state index contributed by atoms with van der Waals surface area (Å²) in [5.41, 5.74) is 6.79. The zero-order valence-electron chi connectivity index (χ0n) is 22.2. The largest absolute Gasteiger partial charge is 0.322 e. The fraction of sp³-hybridized carbons (Fsp3) is 0.188. The number of rotatable bonds is 4. The van der Waals surface area contributed by atoms with Crippen molar-refractivity contribution < 1.29 is 4.79 Å². The van der Waals surface area contributed by atoms with E-state index in [1.807, 2.05) is 65.0 Å². The molecule has 2 amide bonds. The van der Waals surface area contributed by atoms with E-state index in [0.29, 0.717) is 23.2 Å².